The van der Waals surface area contributed by atoms with Gasteiger partial charge in [0.2, 0.25) is 0 Å². The van der Waals surface area contributed by atoms with E-state index in [0.717, 1.165) is 18.1 Å². The summed E-state index contributed by atoms with van der Waals surface area (Å²) in [5.41, 5.74) is 9.78. The first-order valence-electron chi connectivity index (χ1n) is 8.71. The number of fused-ring (bicyclic) bond motifs is 4. The average Bonchev–Trinajstić information content (AvgIpc) is 3.32. The van der Waals surface area contributed by atoms with Crippen molar-refractivity contribution in [2.75, 3.05) is 20.2 Å². The van der Waals surface area contributed by atoms with Crippen LogP contribution in [0, 0.1) is 11.8 Å². The first-order chi connectivity index (χ1) is 10.5. The van der Waals surface area contributed by atoms with E-state index in [4.69, 9.17) is 10.5 Å². The van der Waals surface area contributed by atoms with E-state index in [2.05, 4.69) is 36.9 Å². The van der Waals surface area contributed by atoms with Gasteiger partial charge in [0.25, 0.3) is 0 Å². The molecule has 1 aromatic carbocycles. The van der Waals surface area contributed by atoms with Crippen LogP contribution in [0.25, 0.3) is 0 Å². The Morgan fingerprint density at radius 2 is 2.14 bits per heavy atom. The molecule has 0 spiro atoms. The van der Waals surface area contributed by atoms with Crippen LogP contribution in [-0.4, -0.2) is 37.2 Å². The summed E-state index contributed by atoms with van der Waals surface area (Å²) >= 11 is 0. The average molecular weight is 300 g/mol. The van der Waals surface area contributed by atoms with Gasteiger partial charge in [-0.1, -0.05) is 19.9 Å². The SMILES string of the molecule is COc1ccc2c(c1)[C@@]1(C)C(C)CN(CC3CC3)[C@H](C2)[C@H]1N. The van der Waals surface area contributed by atoms with Crippen molar-refractivity contribution >= 4 is 0 Å². The van der Waals surface area contributed by atoms with E-state index in [9.17, 15) is 0 Å². The molecule has 1 aliphatic heterocycles. The van der Waals surface area contributed by atoms with Crippen molar-refractivity contribution in [2.45, 2.75) is 50.6 Å². The fraction of sp³-hybridized carbons (Fsp3) is 0.684. The highest BCUT2D eigenvalue weighted by Crippen LogP contribution is 2.48. The Labute approximate surface area is 133 Å². The number of likely N-dealkylation sites (tertiary alicyclic amines) is 1. The highest BCUT2D eigenvalue weighted by atomic mass is 16.5. The highest BCUT2D eigenvalue weighted by Gasteiger charge is 2.53. The van der Waals surface area contributed by atoms with Crippen molar-refractivity contribution in [3.05, 3.63) is 29.3 Å². The Bertz CT molecular complexity index is 583. The van der Waals surface area contributed by atoms with Crippen LogP contribution in [-0.2, 0) is 11.8 Å². The molecule has 2 N–H and O–H groups in total. The van der Waals surface area contributed by atoms with E-state index >= 15 is 0 Å². The maximum absolute atomic E-state index is 6.82. The molecule has 0 radical (unpaired) electrons. The molecule has 1 aromatic rings. The van der Waals surface area contributed by atoms with Crippen LogP contribution in [0.1, 0.15) is 37.8 Å². The number of methoxy groups -OCH3 is 1. The Morgan fingerprint density at radius 3 is 2.82 bits per heavy atom. The topological polar surface area (TPSA) is 38.5 Å². The molecule has 2 fully saturated rings. The Kier molecular flexibility index (Phi) is 3.28. The summed E-state index contributed by atoms with van der Waals surface area (Å²) in [6.07, 6.45) is 3.92. The Morgan fingerprint density at radius 1 is 1.36 bits per heavy atom. The number of piperidine rings is 1. The second kappa shape index (κ2) is 4.97. The fourth-order valence-electron chi connectivity index (χ4n) is 4.76. The quantitative estimate of drug-likeness (QED) is 0.932. The molecule has 22 heavy (non-hydrogen) atoms. The zero-order valence-electron chi connectivity index (χ0n) is 14.0. The maximum Gasteiger partial charge on any atom is 0.119 e. The fourth-order valence-corrected chi connectivity index (χ4v) is 4.76. The third-order valence-corrected chi connectivity index (χ3v) is 6.62. The molecule has 2 bridgehead atoms. The molecule has 2 aliphatic carbocycles. The largest absolute Gasteiger partial charge is 0.497 e. The standard InChI is InChI=1S/C19H28N2O/c1-12-10-21(11-13-4-5-13)17-8-14-6-7-15(22-3)9-16(14)19(12,2)18(17)20/h6-7,9,12-13,17-18H,4-5,8,10-11,20H2,1-3H3/t12?,17-,18-,19-/m1/s1. The zero-order valence-corrected chi connectivity index (χ0v) is 14.0. The first kappa shape index (κ1) is 14.5. The van der Waals surface area contributed by atoms with Crippen LogP contribution < -0.4 is 10.5 Å². The molecule has 1 saturated carbocycles. The molecule has 0 aromatic heterocycles. The van der Waals surface area contributed by atoms with E-state index in [0.29, 0.717) is 12.0 Å². The van der Waals surface area contributed by atoms with Gasteiger partial charge in [-0.15, -0.1) is 0 Å². The van der Waals surface area contributed by atoms with Crippen molar-refractivity contribution < 1.29 is 4.74 Å². The number of ether oxygens (including phenoxy) is 1. The van der Waals surface area contributed by atoms with E-state index < -0.39 is 0 Å². The monoisotopic (exact) mass is 300 g/mol. The summed E-state index contributed by atoms with van der Waals surface area (Å²) in [6, 6.07) is 7.32. The minimum atomic E-state index is 0.0623. The first-order valence-corrected chi connectivity index (χ1v) is 8.71. The van der Waals surface area contributed by atoms with Gasteiger partial charge in [0, 0.05) is 30.6 Å². The normalized spacial score (nSPS) is 37.7. The lowest BCUT2D eigenvalue weighted by Gasteiger charge is -2.57. The molecular formula is C19H28N2O. The van der Waals surface area contributed by atoms with Gasteiger partial charge in [-0.2, -0.15) is 0 Å². The molecule has 3 nitrogen and oxygen atoms in total. The van der Waals surface area contributed by atoms with E-state index in [-0.39, 0.29) is 11.5 Å². The van der Waals surface area contributed by atoms with Crippen molar-refractivity contribution in [1.29, 1.82) is 0 Å². The lowest BCUT2D eigenvalue weighted by atomic mass is 9.57. The van der Waals surface area contributed by atoms with Crippen molar-refractivity contribution in [1.82, 2.24) is 4.90 Å². The summed E-state index contributed by atoms with van der Waals surface area (Å²) in [5, 5.41) is 0. The van der Waals surface area contributed by atoms with Gasteiger partial charge in [-0.05, 0) is 54.4 Å². The van der Waals surface area contributed by atoms with Gasteiger partial charge >= 0.3 is 0 Å². The third kappa shape index (κ3) is 2.02. The predicted octanol–water partition coefficient (Wildman–Crippen LogP) is 2.57. The molecule has 3 heteroatoms. The molecule has 0 amide bonds. The van der Waals surface area contributed by atoms with Crippen molar-refractivity contribution in [2.24, 2.45) is 17.6 Å². The molecule has 1 saturated heterocycles. The molecule has 1 unspecified atom stereocenters. The second-order valence-corrected chi connectivity index (χ2v) is 7.90. The van der Waals surface area contributed by atoms with E-state index in [1.807, 2.05) is 0 Å². The molecule has 4 atom stereocenters. The van der Waals surface area contributed by atoms with Gasteiger partial charge in [0.15, 0.2) is 0 Å². The third-order valence-electron chi connectivity index (χ3n) is 6.62. The van der Waals surface area contributed by atoms with Gasteiger partial charge in [-0.3, -0.25) is 4.90 Å². The molecule has 120 valence electrons. The second-order valence-electron chi connectivity index (χ2n) is 7.90. The minimum Gasteiger partial charge on any atom is -0.497 e. The number of hydrogen-bond donors (Lipinski definition) is 1. The maximum atomic E-state index is 6.82. The van der Waals surface area contributed by atoms with Gasteiger partial charge in [0.05, 0.1) is 7.11 Å². The number of nitrogens with two attached hydrogens (primary N) is 1. The highest BCUT2D eigenvalue weighted by molar-refractivity contribution is 5.46. The molecule has 4 rings (SSSR count). The van der Waals surface area contributed by atoms with Gasteiger partial charge < -0.3 is 10.5 Å². The lowest BCUT2D eigenvalue weighted by Crippen LogP contribution is -2.69. The molecule has 1 heterocycles. The van der Waals surface area contributed by atoms with Crippen LogP contribution in [0.3, 0.4) is 0 Å². The van der Waals surface area contributed by atoms with Crippen LogP contribution in [0.2, 0.25) is 0 Å². The number of hydrogen-bond acceptors (Lipinski definition) is 3. The van der Waals surface area contributed by atoms with Gasteiger partial charge in [0.1, 0.15) is 5.75 Å². The molecule has 3 aliphatic rings. The number of rotatable bonds is 3. The minimum absolute atomic E-state index is 0.0623. The van der Waals surface area contributed by atoms with Crippen LogP contribution in [0.15, 0.2) is 18.2 Å². The zero-order chi connectivity index (χ0) is 15.5. The Hall–Kier alpha value is -1.06. The summed E-state index contributed by atoms with van der Waals surface area (Å²) in [7, 11) is 1.75. The van der Waals surface area contributed by atoms with Crippen molar-refractivity contribution in [3.63, 3.8) is 0 Å². The van der Waals surface area contributed by atoms with E-state index in [1.54, 1.807) is 7.11 Å². The summed E-state index contributed by atoms with van der Waals surface area (Å²) < 4.78 is 5.46. The summed E-state index contributed by atoms with van der Waals surface area (Å²) in [6.45, 7) is 7.19. The van der Waals surface area contributed by atoms with E-state index in [1.165, 1.54) is 37.1 Å². The van der Waals surface area contributed by atoms with Crippen LogP contribution in [0.4, 0.5) is 0 Å². The summed E-state index contributed by atoms with van der Waals surface area (Å²) in [5.74, 6) is 2.46. The van der Waals surface area contributed by atoms with Crippen molar-refractivity contribution in [3.8, 4) is 5.75 Å². The molecular weight excluding hydrogens is 272 g/mol. The van der Waals surface area contributed by atoms with Crippen LogP contribution >= 0.6 is 0 Å². The number of nitrogens with zero attached hydrogens (tertiary/aromatic N) is 1. The predicted molar refractivity (Wildman–Crippen MR) is 89.3 cm³/mol. The smallest absolute Gasteiger partial charge is 0.119 e. The van der Waals surface area contributed by atoms with Gasteiger partial charge in [-0.25, -0.2) is 0 Å². The summed E-state index contributed by atoms with van der Waals surface area (Å²) in [4.78, 5) is 2.70. The number of benzene rings is 1. The van der Waals surface area contributed by atoms with Crippen LogP contribution in [0.5, 0.6) is 5.75 Å². The Balaban J connectivity index is 1.75. The lowest BCUT2D eigenvalue weighted by molar-refractivity contribution is 0.0193.